The first-order valence-electron chi connectivity index (χ1n) is 12.7. The van der Waals surface area contributed by atoms with Crippen LogP contribution in [0.4, 0.5) is 9.59 Å². The third kappa shape index (κ3) is 9.09. The molecule has 5 heteroatoms. The molecule has 0 aromatic heterocycles. The average molecular weight is 422 g/mol. The van der Waals surface area contributed by atoms with Crippen molar-refractivity contribution in [2.45, 2.75) is 117 Å². The molecule has 0 radical (unpaired) electrons. The van der Waals surface area contributed by atoms with Crippen molar-refractivity contribution >= 4 is 12.1 Å². The number of hydrogen-bond acceptors (Lipinski definition) is 2. The third-order valence-electron chi connectivity index (χ3n) is 6.00. The van der Waals surface area contributed by atoms with E-state index in [4.69, 9.17) is 0 Å². The van der Waals surface area contributed by atoms with Crippen LogP contribution >= 0.6 is 0 Å². The number of hydrogen-bond donors (Lipinski definition) is 0. The molecule has 1 rings (SSSR count). The number of rotatable bonds is 18. The molecule has 0 bridgehead atoms. The molecule has 1 fully saturated rings. The summed E-state index contributed by atoms with van der Waals surface area (Å²) in [6, 6.07) is -0.337. The van der Waals surface area contributed by atoms with Crippen molar-refractivity contribution in [3.63, 3.8) is 0 Å². The maximum atomic E-state index is 13.1. The fourth-order valence-corrected chi connectivity index (χ4v) is 4.00. The smallest absolute Gasteiger partial charge is 0.280 e. The summed E-state index contributed by atoms with van der Waals surface area (Å²) >= 11 is 0. The molecule has 1 aliphatic heterocycles. The van der Waals surface area contributed by atoms with Crippen molar-refractivity contribution in [3.05, 3.63) is 12.4 Å². The summed E-state index contributed by atoms with van der Waals surface area (Å²) in [7, 11) is 0. The standard InChI is InChI=1S/C25H47N3O2/c1-5-8-11-14-17-20-26-23(4)27(21-18-15-12-9-6-2)25(30)28(24(26)29)22-19-16-13-10-7-3/h4-22H2,1-3H3. The highest BCUT2D eigenvalue weighted by Crippen LogP contribution is 2.24. The van der Waals surface area contributed by atoms with E-state index in [1.165, 1.54) is 62.7 Å². The number of carbonyl (C=O) groups excluding carboxylic acids is 2. The van der Waals surface area contributed by atoms with E-state index in [1.807, 2.05) is 0 Å². The number of urea groups is 2. The van der Waals surface area contributed by atoms with Crippen molar-refractivity contribution in [2.75, 3.05) is 19.6 Å². The third-order valence-corrected chi connectivity index (χ3v) is 6.00. The predicted octanol–water partition coefficient (Wildman–Crippen LogP) is 7.53. The van der Waals surface area contributed by atoms with Gasteiger partial charge in [-0.15, -0.1) is 0 Å². The zero-order valence-corrected chi connectivity index (χ0v) is 20.1. The van der Waals surface area contributed by atoms with Crippen LogP contribution in [0.15, 0.2) is 12.4 Å². The lowest BCUT2D eigenvalue weighted by molar-refractivity contribution is 0.107. The van der Waals surface area contributed by atoms with Gasteiger partial charge in [0.2, 0.25) is 0 Å². The Hall–Kier alpha value is -1.52. The lowest BCUT2D eigenvalue weighted by atomic mass is 10.1. The van der Waals surface area contributed by atoms with E-state index in [-0.39, 0.29) is 12.1 Å². The van der Waals surface area contributed by atoms with E-state index in [1.54, 1.807) is 9.80 Å². The monoisotopic (exact) mass is 421 g/mol. The van der Waals surface area contributed by atoms with Gasteiger partial charge < -0.3 is 0 Å². The Kier molecular flexibility index (Phi) is 14.3. The second-order valence-electron chi connectivity index (χ2n) is 8.68. The molecule has 30 heavy (non-hydrogen) atoms. The molecule has 1 saturated heterocycles. The summed E-state index contributed by atoms with van der Waals surface area (Å²) in [6.07, 6.45) is 17.0. The Morgan fingerprint density at radius 1 is 0.500 bits per heavy atom. The highest BCUT2D eigenvalue weighted by Gasteiger charge is 2.39. The van der Waals surface area contributed by atoms with Gasteiger partial charge in [-0.05, 0) is 19.3 Å². The van der Waals surface area contributed by atoms with Crippen molar-refractivity contribution in [3.8, 4) is 0 Å². The largest absolute Gasteiger partial charge is 0.333 e. The molecule has 0 aliphatic carbocycles. The molecule has 0 aromatic rings. The minimum Gasteiger partial charge on any atom is -0.280 e. The van der Waals surface area contributed by atoms with Crippen LogP contribution in [0.3, 0.4) is 0 Å². The summed E-state index contributed by atoms with van der Waals surface area (Å²) < 4.78 is 0. The molecule has 0 spiro atoms. The number of imide groups is 1. The van der Waals surface area contributed by atoms with Crippen LogP contribution in [0.2, 0.25) is 0 Å². The van der Waals surface area contributed by atoms with Gasteiger partial charge in [-0.25, -0.2) is 14.5 Å². The fraction of sp³-hybridized carbons (Fsp3) is 0.840. The zero-order valence-electron chi connectivity index (χ0n) is 20.1. The summed E-state index contributed by atoms with van der Waals surface area (Å²) in [6.45, 7) is 12.6. The van der Waals surface area contributed by atoms with E-state index >= 15 is 0 Å². The summed E-state index contributed by atoms with van der Waals surface area (Å²) in [5.74, 6) is 0.582. The molecular formula is C25H47N3O2. The van der Waals surface area contributed by atoms with Crippen molar-refractivity contribution in [1.82, 2.24) is 14.7 Å². The molecule has 4 amide bonds. The Bertz CT molecular complexity index is 417. The van der Waals surface area contributed by atoms with Crippen molar-refractivity contribution in [1.29, 1.82) is 0 Å². The Labute approximate surface area is 185 Å². The first-order valence-corrected chi connectivity index (χ1v) is 12.7. The number of nitrogens with zero attached hydrogens (tertiary/aromatic N) is 3. The fourth-order valence-electron chi connectivity index (χ4n) is 4.00. The molecule has 5 nitrogen and oxygen atoms in total. The zero-order chi connectivity index (χ0) is 22.2. The van der Waals surface area contributed by atoms with Gasteiger partial charge in [0.25, 0.3) is 0 Å². The predicted molar refractivity (Wildman–Crippen MR) is 126 cm³/mol. The van der Waals surface area contributed by atoms with E-state index in [2.05, 4.69) is 27.4 Å². The highest BCUT2D eigenvalue weighted by atomic mass is 16.2. The molecule has 0 atom stereocenters. The van der Waals surface area contributed by atoms with Gasteiger partial charge >= 0.3 is 12.1 Å². The van der Waals surface area contributed by atoms with Crippen LogP contribution in [0.25, 0.3) is 0 Å². The van der Waals surface area contributed by atoms with Crippen LogP contribution in [-0.4, -0.2) is 46.4 Å². The van der Waals surface area contributed by atoms with Gasteiger partial charge in [0.05, 0.1) is 0 Å². The van der Waals surface area contributed by atoms with Crippen LogP contribution in [-0.2, 0) is 0 Å². The number of carbonyl (C=O) groups is 2. The number of unbranched alkanes of at least 4 members (excludes halogenated alkanes) is 12. The Balaban J connectivity index is 2.70. The van der Waals surface area contributed by atoms with Gasteiger partial charge in [-0.1, -0.05) is 104 Å². The quantitative estimate of drug-likeness (QED) is 0.215. The minimum atomic E-state index is -0.168. The van der Waals surface area contributed by atoms with Gasteiger partial charge in [0.15, 0.2) is 0 Å². The van der Waals surface area contributed by atoms with Crippen LogP contribution in [0.5, 0.6) is 0 Å². The normalized spacial score (nSPS) is 14.9. The average Bonchev–Trinajstić information content (AvgIpc) is 2.74. The maximum Gasteiger partial charge on any atom is 0.333 e. The first-order chi connectivity index (χ1) is 14.6. The van der Waals surface area contributed by atoms with E-state index in [0.29, 0.717) is 25.5 Å². The van der Waals surface area contributed by atoms with Gasteiger partial charge in [0, 0.05) is 19.6 Å². The molecule has 1 aliphatic rings. The van der Waals surface area contributed by atoms with Crippen molar-refractivity contribution < 1.29 is 9.59 Å². The Morgan fingerprint density at radius 3 is 1.13 bits per heavy atom. The second-order valence-corrected chi connectivity index (χ2v) is 8.68. The Morgan fingerprint density at radius 2 is 0.800 bits per heavy atom. The van der Waals surface area contributed by atoms with Crippen LogP contribution in [0.1, 0.15) is 117 Å². The maximum absolute atomic E-state index is 13.1. The molecule has 0 saturated carbocycles. The van der Waals surface area contributed by atoms with Crippen LogP contribution < -0.4 is 0 Å². The topological polar surface area (TPSA) is 43.9 Å². The van der Waals surface area contributed by atoms with E-state index in [9.17, 15) is 9.59 Å². The molecule has 0 aromatic carbocycles. The summed E-state index contributed by atoms with van der Waals surface area (Å²) in [5, 5.41) is 0. The lowest BCUT2D eigenvalue weighted by Crippen LogP contribution is -2.59. The van der Waals surface area contributed by atoms with Gasteiger partial charge in [-0.3, -0.25) is 9.80 Å². The molecular weight excluding hydrogens is 374 g/mol. The first kappa shape index (κ1) is 26.5. The molecule has 0 unspecified atom stereocenters. The SMILES string of the molecule is C=C1N(CCCCCCC)C(=O)N(CCCCCCC)C(=O)N1CCCCCCC. The molecule has 1 heterocycles. The summed E-state index contributed by atoms with van der Waals surface area (Å²) in [5.41, 5.74) is 0. The van der Waals surface area contributed by atoms with Gasteiger partial charge in [0.1, 0.15) is 5.82 Å². The second kappa shape index (κ2) is 16.2. The lowest BCUT2D eigenvalue weighted by Gasteiger charge is -2.42. The molecule has 0 N–H and O–H groups in total. The van der Waals surface area contributed by atoms with Crippen molar-refractivity contribution in [2.24, 2.45) is 0 Å². The minimum absolute atomic E-state index is 0.168. The van der Waals surface area contributed by atoms with Crippen LogP contribution in [0, 0.1) is 0 Å². The number of amides is 4. The van der Waals surface area contributed by atoms with Gasteiger partial charge in [-0.2, -0.15) is 0 Å². The highest BCUT2D eigenvalue weighted by molar-refractivity contribution is 5.97. The molecule has 174 valence electrons. The van der Waals surface area contributed by atoms with E-state index in [0.717, 1.165) is 38.5 Å². The summed E-state index contributed by atoms with van der Waals surface area (Å²) in [4.78, 5) is 31.2. The van der Waals surface area contributed by atoms with E-state index < -0.39 is 0 Å².